The number of hydrogen-bond donors (Lipinski definition) is 2. The average Bonchev–Trinajstić information content (AvgIpc) is 2.55. The zero-order chi connectivity index (χ0) is 15.9. The van der Waals surface area contributed by atoms with E-state index in [1.54, 1.807) is 54.6 Å². The van der Waals surface area contributed by atoms with Crippen LogP contribution in [0.25, 0.3) is 0 Å². The second-order valence-corrected chi connectivity index (χ2v) is 4.75. The molecule has 2 rings (SSSR count). The summed E-state index contributed by atoms with van der Waals surface area (Å²) in [5, 5.41) is 11.9. The van der Waals surface area contributed by atoms with Crippen molar-refractivity contribution in [1.29, 1.82) is 0 Å². The number of carbonyl (C=O) groups is 2. The fourth-order valence-corrected chi connectivity index (χ4v) is 2.12. The van der Waals surface area contributed by atoms with Gasteiger partial charge in [-0.25, -0.2) is 4.79 Å². The molecule has 0 aliphatic carbocycles. The van der Waals surface area contributed by atoms with Crippen LogP contribution in [0.2, 0.25) is 0 Å². The second kappa shape index (κ2) is 7.26. The molecule has 0 fully saturated rings. The van der Waals surface area contributed by atoms with E-state index in [1.807, 2.05) is 0 Å². The predicted molar refractivity (Wildman–Crippen MR) is 82.0 cm³/mol. The Bertz CT molecular complexity index is 655. The minimum atomic E-state index is -1.09. The SMILES string of the molecule is COc1ccccc1C[C@H](NC(=O)c1ccccc1)C(=O)O. The van der Waals surface area contributed by atoms with E-state index in [4.69, 9.17) is 4.74 Å². The number of rotatable bonds is 6. The van der Waals surface area contributed by atoms with Gasteiger partial charge in [0.05, 0.1) is 7.11 Å². The van der Waals surface area contributed by atoms with Gasteiger partial charge in [0.15, 0.2) is 0 Å². The maximum absolute atomic E-state index is 12.1. The van der Waals surface area contributed by atoms with E-state index in [0.717, 1.165) is 5.56 Å². The van der Waals surface area contributed by atoms with Crippen LogP contribution in [-0.4, -0.2) is 30.1 Å². The molecule has 1 atom stereocenters. The van der Waals surface area contributed by atoms with Crippen molar-refractivity contribution < 1.29 is 19.4 Å². The monoisotopic (exact) mass is 299 g/mol. The Labute approximate surface area is 128 Å². The van der Waals surface area contributed by atoms with Crippen LogP contribution in [0.1, 0.15) is 15.9 Å². The summed E-state index contributed by atoms with van der Waals surface area (Å²) in [5.74, 6) is -0.902. The zero-order valence-electron chi connectivity index (χ0n) is 12.2. The summed E-state index contributed by atoms with van der Waals surface area (Å²) >= 11 is 0. The second-order valence-electron chi connectivity index (χ2n) is 4.75. The molecule has 0 heterocycles. The summed E-state index contributed by atoms with van der Waals surface area (Å²) in [6.07, 6.45) is 0.151. The smallest absolute Gasteiger partial charge is 0.326 e. The van der Waals surface area contributed by atoms with Crippen LogP contribution in [0.4, 0.5) is 0 Å². The molecule has 0 saturated carbocycles. The lowest BCUT2D eigenvalue weighted by molar-refractivity contribution is -0.139. The highest BCUT2D eigenvalue weighted by Crippen LogP contribution is 2.19. The van der Waals surface area contributed by atoms with E-state index in [9.17, 15) is 14.7 Å². The lowest BCUT2D eigenvalue weighted by Gasteiger charge is -2.16. The number of carbonyl (C=O) groups excluding carboxylic acids is 1. The van der Waals surface area contributed by atoms with Crippen LogP contribution in [-0.2, 0) is 11.2 Å². The highest BCUT2D eigenvalue weighted by molar-refractivity contribution is 5.96. The van der Waals surface area contributed by atoms with Crippen molar-refractivity contribution in [3.8, 4) is 5.75 Å². The molecular formula is C17H17NO4. The van der Waals surface area contributed by atoms with Gasteiger partial charge >= 0.3 is 5.97 Å². The number of nitrogens with one attached hydrogen (secondary N) is 1. The van der Waals surface area contributed by atoms with Gasteiger partial charge in [0.2, 0.25) is 0 Å². The van der Waals surface area contributed by atoms with Gasteiger partial charge in [0.25, 0.3) is 5.91 Å². The minimum absolute atomic E-state index is 0.151. The minimum Gasteiger partial charge on any atom is -0.496 e. The maximum Gasteiger partial charge on any atom is 0.326 e. The molecule has 2 N–H and O–H groups in total. The summed E-state index contributed by atoms with van der Waals surface area (Å²) in [5.41, 5.74) is 1.15. The standard InChI is InChI=1S/C17H17NO4/c1-22-15-10-6-5-9-13(15)11-14(17(20)21)18-16(19)12-7-3-2-4-8-12/h2-10,14H,11H2,1H3,(H,18,19)(H,20,21)/t14-/m0/s1. The molecular weight excluding hydrogens is 282 g/mol. The van der Waals surface area contributed by atoms with Gasteiger partial charge in [-0.3, -0.25) is 4.79 Å². The van der Waals surface area contributed by atoms with Crippen molar-refractivity contribution in [2.45, 2.75) is 12.5 Å². The van der Waals surface area contributed by atoms with Crippen LogP contribution >= 0.6 is 0 Å². The van der Waals surface area contributed by atoms with E-state index in [0.29, 0.717) is 11.3 Å². The van der Waals surface area contributed by atoms with Gasteiger partial charge in [-0.2, -0.15) is 0 Å². The molecule has 114 valence electrons. The molecule has 0 radical (unpaired) electrons. The predicted octanol–water partition coefficient (Wildman–Crippen LogP) is 2.12. The van der Waals surface area contributed by atoms with Gasteiger partial charge in [-0.1, -0.05) is 36.4 Å². The number of amides is 1. The van der Waals surface area contributed by atoms with Crippen molar-refractivity contribution in [3.63, 3.8) is 0 Å². The Morgan fingerprint density at radius 3 is 2.36 bits per heavy atom. The molecule has 22 heavy (non-hydrogen) atoms. The molecule has 0 spiro atoms. The van der Waals surface area contributed by atoms with Crippen molar-refractivity contribution in [3.05, 3.63) is 65.7 Å². The maximum atomic E-state index is 12.1. The fraction of sp³-hybridized carbons (Fsp3) is 0.176. The molecule has 0 unspecified atom stereocenters. The van der Waals surface area contributed by atoms with Gasteiger partial charge in [0.1, 0.15) is 11.8 Å². The first-order valence-corrected chi connectivity index (χ1v) is 6.82. The van der Waals surface area contributed by atoms with Crippen molar-refractivity contribution in [1.82, 2.24) is 5.32 Å². The van der Waals surface area contributed by atoms with E-state index < -0.39 is 17.9 Å². The largest absolute Gasteiger partial charge is 0.496 e. The molecule has 5 nitrogen and oxygen atoms in total. The first-order chi connectivity index (χ1) is 10.6. The number of hydrogen-bond acceptors (Lipinski definition) is 3. The lowest BCUT2D eigenvalue weighted by Crippen LogP contribution is -2.42. The average molecular weight is 299 g/mol. The van der Waals surface area contributed by atoms with Crippen LogP contribution < -0.4 is 10.1 Å². The Balaban J connectivity index is 2.14. The highest BCUT2D eigenvalue weighted by Gasteiger charge is 2.22. The molecule has 1 amide bonds. The highest BCUT2D eigenvalue weighted by atomic mass is 16.5. The number of carboxylic acids is 1. The first kappa shape index (κ1) is 15.6. The summed E-state index contributed by atoms with van der Waals surface area (Å²) in [6.45, 7) is 0. The van der Waals surface area contributed by atoms with E-state index in [-0.39, 0.29) is 6.42 Å². The molecule has 0 bridgehead atoms. The lowest BCUT2D eigenvalue weighted by atomic mass is 10.0. The quantitative estimate of drug-likeness (QED) is 0.856. The fourth-order valence-electron chi connectivity index (χ4n) is 2.12. The Morgan fingerprint density at radius 2 is 1.73 bits per heavy atom. The topological polar surface area (TPSA) is 75.6 Å². The number of para-hydroxylation sites is 1. The van der Waals surface area contributed by atoms with Crippen molar-refractivity contribution >= 4 is 11.9 Å². The molecule has 0 aliphatic rings. The zero-order valence-corrected chi connectivity index (χ0v) is 12.2. The van der Waals surface area contributed by atoms with Crippen LogP contribution in [0.5, 0.6) is 5.75 Å². The number of benzene rings is 2. The first-order valence-electron chi connectivity index (χ1n) is 6.82. The van der Waals surface area contributed by atoms with E-state index >= 15 is 0 Å². The Morgan fingerprint density at radius 1 is 1.09 bits per heavy atom. The molecule has 0 aliphatic heterocycles. The Hall–Kier alpha value is -2.82. The number of aliphatic carboxylic acids is 1. The summed E-state index contributed by atoms with van der Waals surface area (Å²) in [7, 11) is 1.52. The summed E-state index contributed by atoms with van der Waals surface area (Å²) in [4.78, 5) is 23.5. The normalized spacial score (nSPS) is 11.5. The third kappa shape index (κ3) is 3.85. The van der Waals surface area contributed by atoms with Gasteiger partial charge in [0, 0.05) is 12.0 Å². The molecule has 0 saturated heterocycles. The number of ether oxygens (including phenoxy) is 1. The molecule has 5 heteroatoms. The summed E-state index contributed by atoms with van der Waals surface area (Å²) < 4.78 is 5.21. The van der Waals surface area contributed by atoms with Gasteiger partial charge < -0.3 is 15.2 Å². The summed E-state index contributed by atoms with van der Waals surface area (Å²) in [6, 6.07) is 14.6. The van der Waals surface area contributed by atoms with Crippen molar-refractivity contribution in [2.75, 3.05) is 7.11 Å². The molecule has 2 aromatic rings. The van der Waals surface area contributed by atoms with Crippen molar-refractivity contribution in [2.24, 2.45) is 0 Å². The third-order valence-corrected chi connectivity index (χ3v) is 3.26. The number of carboxylic acid groups (broad SMARTS) is 1. The third-order valence-electron chi connectivity index (χ3n) is 3.26. The van der Waals surface area contributed by atoms with Gasteiger partial charge in [-0.15, -0.1) is 0 Å². The van der Waals surface area contributed by atoms with E-state index in [1.165, 1.54) is 7.11 Å². The Kier molecular flexibility index (Phi) is 5.14. The molecule has 2 aromatic carbocycles. The van der Waals surface area contributed by atoms with Crippen LogP contribution in [0.3, 0.4) is 0 Å². The van der Waals surface area contributed by atoms with Gasteiger partial charge in [-0.05, 0) is 23.8 Å². The molecule has 0 aromatic heterocycles. The van der Waals surface area contributed by atoms with Crippen LogP contribution in [0.15, 0.2) is 54.6 Å². The number of methoxy groups -OCH3 is 1. The van der Waals surface area contributed by atoms with E-state index in [2.05, 4.69) is 5.32 Å². The van der Waals surface area contributed by atoms with Crippen LogP contribution in [0, 0.1) is 0 Å².